The topological polar surface area (TPSA) is 55.1 Å². The first-order valence-corrected chi connectivity index (χ1v) is 4.93. The van der Waals surface area contributed by atoms with Crippen molar-refractivity contribution in [2.75, 3.05) is 6.54 Å². The first-order valence-electron chi connectivity index (χ1n) is 4.93. The van der Waals surface area contributed by atoms with Crippen LogP contribution in [-0.2, 0) is 10.3 Å². The van der Waals surface area contributed by atoms with Gasteiger partial charge in [0.05, 0.1) is 5.56 Å². The number of rotatable bonds is 4. The summed E-state index contributed by atoms with van der Waals surface area (Å²) in [6.07, 6.45) is 0. The van der Waals surface area contributed by atoms with Gasteiger partial charge >= 0.3 is 0 Å². The Labute approximate surface area is 92.6 Å². The molecule has 1 aromatic rings. The lowest BCUT2D eigenvalue weighted by molar-refractivity contribution is -0.124. The maximum Gasteiger partial charge on any atom is 0.242 e. The van der Waals surface area contributed by atoms with Crippen molar-refractivity contribution in [3.8, 4) is 0 Å². The normalized spacial score (nSPS) is 14.5. The molecule has 0 aromatic heterocycles. The summed E-state index contributed by atoms with van der Waals surface area (Å²) < 4.78 is 27.1. The first-order chi connectivity index (χ1) is 7.43. The van der Waals surface area contributed by atoms with E-state index in [-0.39, 0.29) is 5.56 Å². The van der Waals surface area contributed by atoms with Gasteiger partial charge in [0.15, 0.2) is 0 Å². The zero-order valence-electron chi connectivity index (χ0n) is 9.18. The number of carbonyl (C=O) groups is 1. The van der Waals surface area contributed by atoms with Gasteiger partial charge in [-0.25, -0.2) is 8.78 Å². The molecule has 1 amide bonds. The third-order valence-corrected chi connectivity index (χ3v) is 2.49. The van der Waals surface area contributed by atoms with Crippen molar-refractivity contribution >= 4 is 5.91 Å². The van der Waals surface area contributed by atoms with Crippen LogP contribution in [0.4, 0.5) is 8.78 Å². The van der Waals surface area contributed by atoms with E-state index < -0.39 is 23.1 Å². The number of primary amides is 1. The van der Waals surface area contributed by atoms with Crippen LogP contribution in [0, 0.1) is 11.6 Å². The lowest BCUT2D eigenvalue weighted by atomic mass is 9.90. The van der Waals surface area contributed by atoms with Crippen LogP contribution in [0.15, 0.2) is 18.2 Å². The molecule has 1 atom stereocenters. The summed E-state index contributed by atoms with van der Waals surface area (Å²) in [6, 6.07) is 3.43. The van der Waals surface area contributed by atoms with Gasteiger partial charge in [0.1, 0.15) is 17.2 Å². The van der Waals surface area contributed by atoms with Gasteiger partial charge in [-0.05, 0) is 25.6 Å². The number of nitrogens with two attached hydrogens (primary N) is 1. The molecule has 3 N–H and O–H groups in total. The van der Waals surface area contributed by atoms with Crippen LogP contribution < -0.4 is 11.1 Å². The summed E-state index contributed by atoms with van der Waals surface area (Å²) in [7, 11) is 0. The van der Waals surface area contributed by atoms with Crippen molar-refractivity contribution in [1.29, 1.82) is 0 Å². The van der Waals surface area contributed by atoms with Gasteiger partial charge in [-0.3, -0.25) is 10.1 Å². The minimum atomic E-state index is -1.54. The molecule has 88 valence electrons. The molecule has 0 aliphatic carbocycles. The summed E-state index contributed by atoms with van der Waals surface area (Å²) in [6.45, 7) is 3.45. The molecule has 0 radical (unpaired) electrons. The Morgan fingerprint density at radius 3 is 2.31 bits per heavy atom. The summed E-state index contributed by atoms with van der Waals surface area (Å²) in [5, 5.41) is 2.70. The van der Waals surface area contributed by atoms with E-state index in [9.17, 15) is 13.6 Å². The number of hydrogen-bond acceptors (Lipinski definition) is 2. The number of nitrogens with one attached hydrogen (secondary N) is 1. The van der Waals surface area contributed by atoms with E-state index >= 15 is 0 Å². The van der Waals surface area contributed by atoms with Crippen molar-refractivity contribution in [2.24, 2.45) is 5.73 Å². The van der Waals surface area contributed by atoms with Crippen molar-refractivity contribution < 1.29 is 13.6 Å². The highest BCUT2D eigenvalue weighted by Crippen LogP contribution is 2.26. The van der Waals surface area contributed by atoms with Crippen molar-refractivity contribution in [3.05, 3.63) is 35.4 Å². The third-order valence-electron chi connectivity index (χ3n) is 2.49. The number of amides is 1. The van der Waals surface area contributed by atoms with Crippen molar-refractivity contribution in [1.82, 2.24) is 5.32 Å². The highest BCUT2D eigenvalue weighted by atomic mass is 19.1. The summed E-state index contributed by atoms with van der Waals surface area (Å²) in [5.74, 6) is -2.40. The second kappa shape index (κ2) is 4.57. The van der Waals surface area contributed by atoms with Crippen molar-refractivity contribution in [2.45, 2.75) is 19.4 Å². The maximum absolute atomic E-state index is 13.5. The molecule has 0 fully saturated rings. The molecule has 5 heteroatoms. The van der Waals surface area contributed by atoms with Crippen LogP contribution >= 0.6 is 0 Å². The fraction of sp³-hybridized carbons (Fsp3) is 0.364. The number of hydrogen-bond donors (Lipinski definition) is 2. The Hall–Kier alpha value is -1.49. The lowest BCUT2D eigenvalue weighted by Gasteiger charge is -2.28. The minimum absolute atomic E-state index is 0.343. The first kappa shape index (κ1) is 12.6. The molecular formula is C11H14F2N2O. The number of halogens is 2. The Morgan fingerprint density at radius 1 is 1.44 bits per heavy atom. The maximum atomic E-state index is 13.5. The summed E-state index contributed by atoms with van der Waals surface area (Å²) in [4.78, 5) is 11.3. The van der Waals surface area contributed by atoms with Gasteiger partial charge in [-0.1, -0.05) is 13.0 Å². The molecule has 1 rings (SSSR count). The molecule has 3 nitrogen and oxygen atoms in total. The van der Waals surface area contributed by atoms with Gasteiger partial charge in [0.2, 0.25) is 5.91 Å². The largest absolute Gasteiger partial charge is 0.368 e. The highest BCUT2D eigenvalue weighted by molar-refractivity contribution is 5.85. The number of benzene rings is 1. The third kappa shape index (κ3) is 2.04. The fourth-order valence-corrected chi connectivity index (χ4v) is 1.63. The zero-order chi connectivity index (χ0) is 12.3. The fourth-order valence-electron chi connectivity index (χ4n) is 1.63. The average molecular weight is 228 g/mol. The average Bonchev–Trinajstić information content (AvgIpc) is 2.17. The Morgan fingerprint density at radius 2 is 1.94 bits per heavy atom. The monoisotopic (exact) mass is 228 g/mol. The van der Waals surface area contributed by atoms with E-state index in [0.717, 1.165) is 12.1 Å². The molecule has 0 saturated carbocycles. The molecule has 0 spiro atoms. The quantitative estimate of drug-likeness (QED) is 0.815. The molecule has 0 saturated heterocycles. The van der Waals surface area contributed by atoms with Crippen LogP contribution in [0.3, 0.4) is 0 Å². The van der Waals surface area contributed by atoms with E-state index in [1.165, 1.54) is 13.0 Å². The van der Waals surface area contributed by atoms with Crippen LogP contribution in [0.2, 0.25) is 0 Å². The summed E-state index contributed by atoms with van der Waals surface area (Å²) in [5.41, 5.74) is 3.31. The van der Waals surface area contributed by atoms with Gasteiger partial charge in [0, 0.05) is 0 Å². The van der Waals surface area contributed by atoms with Crippen LogP contribution in [0.25, 0.3) is 0 Å². The predicted molar refractivity (Wildman–Crippen MR) is 56.6 cm³/mol. The van der Waals surface area contributed by atoms with E-state index in [0.29, 0.717) is 6.54 Å². The smallest absolute Gasteiger partial charge is 0.242 e. The Balaban J connectivity index is 3.37. The van der Waals surface area contributed by atoms with E-state index in [1.807, 2.05) is 0 Å². The molecule has 0 heterocycles. The molecule has 0 aliphatic heterocycles. The highest BCUT2D eigenvalue weighted by Gasteiger charge is 2.37. The van der Waals surface area contributed by atoms with Crippen LogP contribution in [0.1, 0.15) is 19.4 Å². The van der Waals surface area contributed by atoms with Gasteiger partial charge in [-0.15, -0.1) is 0 Å². The number of likely N-dealkylation sites (N-methyl/N-ethyl adjacent to an activating group) is 1. The second-order valence-electron chi connectivity index (χ2n) is 3.62. The predicted octanol–water partition coefficient (Wildman–Crippen LogP) is 1.27. The van der Waals surface area contributed by atoms with Crippen LogP contribution in [-0.4, -0.2) is 12.5 Å². The van der Waals surface area contributed by atoms with E-state index in [4.69, 9.17) is 5.73 Å². The van der Waals surface area contributed by atoms with E-state index in [1.54, 1.807) is 6.92 Å². The molecule has 0 aliphatic rings. The standard InChI is InChI=1S/C11H14F2N2O/c1-3-15-11(2,10(14)16)9-7(12)5-4-6-8(9)13/h4-6,15H,3H2,1-2H3,(H2,14,16). The molecule has 1 unspecified atom stereocenters. The lowest BCUT2D eigenvalue weighted by Crippen LogP contribution is -2.51. The molecule has 16 heavy (non-hydrogen) atoms. The summed E-state index contributed by atoms with van der Waals surface area (Å²) >= 11 is 0. The van der Waals surface area contributed by atoms with E-state index in [2.05, 4.69) is 5.32 Å². The molecule has 0 bridgehead atoms. The molecular weight excluding hydrogens is 214 g/mol. The second-order valence-corrected chi connectivity index (χ2v) is 3.62. The van der Waals surface area contributed by atoms with Gasteiger partial charge in [0.25, 0.3) is 0 Å². The van der Waals surface area contributed by atoms with Gasteiger partial charge < -0.3 is 5.73 Å². The van der Waals surface area contributed by atoms with Gasteiger partial charge in [-0.2, -0.15) is 0 Å². The Bertz CT molecular complexity index is 389. The van der Waals surface area contributed by atoms with Crippen molar-refractivity contribution in [3.63, 3.8) is 0 Å². The number of carbonyl (C=O) groups excluding carboxylic acids is 1. The SMILES string of the molecule is CCNC(C)(C(N)=O)c1c(F)cccc1F. The Kier molecular flexibility index (Phi) is 3.59. The molecule has 1 aromatic carbocycles. The van der Waals surface area contributed by atoms with Crippen LogP contribution in [0.5, 0.6) is 0 Å². The zero-order valence-corrected chi connectivity index (χ0v) is 9.18. The minimum Gasteiger partial charge on any atom is -0.368 e.